The first-order valence-corrected chi connectivity index (χ1v) is 28.3. The van der Waals surface area contributed by atoms with E-state index in [2.05, 4.69) is 62.0 Å². The molecule has 15 heteroatoms. The topological polar surface area (TPSA) is 204 Å². The van der Waals surface area contributed by atoms with Gasteiger partial charge in [-0.3, -0.25) is 29.3 Å². The Bertz CT molecular complexity index is 2280. The molecule has 414 valence electrons. The predicted molar refractivity (Wildman–Crippen MR) is 291 cm³/mol. The summed E-state index contributed by atoms with van der Waals surface area (Å²) in [6, 6.07) is 9.77. The number of rotatable bonds is 26. The van der Waals surface area contributed by atoms with Gasteiger partial charge in [-0.15, -0.1) is 0 Å². The van der Waals surface area contributed by atoms with Crippen LogP contribution >= 0.6 is 0 Å². The van der Waals surface area contributed by atoms with Crippen LogP contribution in [-0.2, 0) is 35.3 Å². The van der Waals surface area contributed by atoms with Crippen molar-refractivity contribution in [3.8, 4) is 5.75 Å². The number of non-ortho nitro benzene ring substituents is 1. The lowest BCUT2D eigenvalue weighted by molar-refractivity contribution is -0.384. The van der Waals surface area contributed by atoms with Gasteiger partial charge in [0.15, 0.2) is 0 Å². The summed E-state index contributed by atoms with van der Waals surface area (Å²) < 4.78 is 16.7. The van der Waals surface area contributed by atoms with Crippen molar-refractivity contribution in [3.63, 3.8) is 0 Å². The van der Waals surface area contributed by atoms with E-state index < -0.39 is 40.9 Å². The molecule has 3 fully saturated rings. The minimum atomic E-state index is -0.991. The fourth-order valence-corrected chi connectivity index (χ4v) is 13.4. The fraction of sp³-hybridized carbons (Fsp3) is 0.683. The summed E-state index contributed by atoms with van der Waals surface area (Å²) in [6.45, 7) is 21.2. The normalized spacial score (nSPS) is 25.2. The van der Waals surface area contributed by atoms with Gasteiger partial charge < -0.3 is 35.5 Å². The smallest absolute Gasteiger partial charge is 0.429 e. The molecule has 4 N–H and O–H groups in total. The van der Waals surface area contributed by atoms with Gasteiger partial charge in [-0.05, 0) is 159 Å². The number of carbonyl (C=O) groups excluding carboxylic acids is 5. The average molecular weight is 1040 g/mol. The molecular formula is C60H89N5O10. The van der Waals surface area contributed by atoms with E-state index in [-0.39, 0.29) is 60.1 Å². The molecule has 0 aromatic heterocycles. The third kappa shape index (κ3) is 16.4. The number of anilines is 1. The highest BCUT2D eigenvalue weighted by Crippen LogP contribution is 2.67. The lowest BCUT2D eigenvalue weighted by Gasteiger charge is -2.58. The molecule has 0 heterocycles. The van der Waals surface area contributed by atoms with Crippen molar-refractivity contribution in [1.29, 1.82) is 0 Å². The molecule has 2 aromatic rings. The lowest BCUT2D eigenvalue weighted by atomic mass is 9.47. The number of hydrogen-bond acceptors (Lipinski definition) is 10. The standard InChI is InChI=1S/C60H89N5O10/c1-38(2)12-10-13-41(7)49-24-25-50-48-23-16-43-36-47(28-30-59(43,8)51(48)29-31-60(49,50)9)73-33-11-32-61-54(66)26-27-55(67)63-52(34-39(3)4)57(69)64-53(35-40(5)6)56(68)62-44-17-14-42(15-18-44)37-74-58(70)75-46-21-19-45(20-22-46)65(71)72/h14-22,38-41,47-53H,10-13,23-37H2,1-9H3,(H,61,66)(H,62,68)(H,63,67)(H,64,69)/t41-,47+,48+,49-,50+,51+,52+,53+,59+,60-/m1/s1. The van der Waals surface area contributed by atoms with Gasteiger partial charge in [0.05, 0.1) is 11.0 Å². The van der Waals surface area contributed by atoms with Crippen LogP contribution in [0.1, 0.15) is 171 Å². The third-order valence-corrected chi connectivity index (χ3v) is 17.4. The zero-order valence-corrected chi connectivity index (χ0v) is 46.5. The number of ether oxygens (including phenoxy) is 3. The molecule has 15 nitrogen and oxygen atoms in total. The van der Waals surface area contributed by atoms with E-state index in [1.807, 2.05) is 27.7 Å². The maximum atomic E-state index is 13.7. The summed E-state index contributed by atoms with van der Waals surface area (Å²) in [5.41, 5.74) is 3.30. The molecule has 0 saturated heterocycles. The number of nitro groups is 1. The molecule has 2 aromatic carbocycles. The highest BCUT2D eigenvalue weighted by atomic mass is 16.7. The summed E-state index contributed by atoms with van der Waals surface area (Å²) in [4.78, 5) is 75.8. The van der Waals surface area contributed by atoms with Crippen molar-refractivity contribution in [2.75, 3.05) is 18.5 Å². The van der Waals surface area contributed by atoms with Crippen LogP contribution in [-0.4, -0.2) is 66.0 Å². The monoisotopic (exact) mass is 1040 g/mol. The van der Waals surface area contributed by atoms with Crippen molar-refractivity contribution < 1.29 is 43.1 Å². The second-order valence-electron chi connectivity index (χ2n) is 24.2. The van der Waals surface area contributed by atoms with E-state index in [9.17, 15) is 34.1 Å². The van der Waals surface area contributed by atoms with Gasteiger partial charge in [0.1, 0.15) is 24.4 Å². The molecule has 0 bridgehead atoms. The number of allylic oxidation sites excluding steroid dienone is 1. The summed E-state index contributed by atoms with van der Waals surface area (Å²) in [5.74, 6) is 3.53. The Hall–Kier alpha value is -5.31. The van der Waals surface area contributed by atoms with Crippen LogP contribution in [0.4, 0.5) is 16.2 Å². The molecule has 6 rings (SSSR count). The maximum absolute atomic E-state index is 13.7. The van der Waals surface area contributed by atoms with Crippen molar-refractivity contribution in [2.45, 2.75) is 190 Å². The number of carbonyl (C=O) groups is 5. The molecule has 4 aliphatic rings. The molecule has 10 atom stereocenters. The van der Waals surface area contributed by atoms with Crippen molar-refractivity contribution >= 4 is 41.2 Å². The van der Waals surface area contributed by atoms with Crippen LogP contribution in [0, 0.1) is 68.3 Å². The largest absolute Gasteiger partial charge is 0.514 e. The minimum absolute atomic E-state index is 0.0201. The Balaban J connectivity index is 0.885. The van der Waals surface area contributed by atoms with E-state index in [0.29, 0.717) is 49.1 Å². The Kier molecular flexibility index (Phi) is 21.3. The van der Waals surface area contributed by atoms with Gasteiger partial charge in [0.25, 0.3) is 5.69 Å². The lowest BCUT2D eigenvalue weighted by Crippen LogP contribution is -2.53. The molecule has 0 radical (unpaired) electrons. The van der Waals surface area contributed by atoms with Crippen molar-refractivity contribution in [3.05, 3.63) is 75.9 Å². The second kappa shape index (κ2) is 27.1. The number of benzene rings is 2. The van der Waals surface area contributed by atoms with Gasteiger partial charge in [-0.1, -0.05) is 105 Å². The molecule has 0 unspecified atom stereocenters. The van der Waals surface area contributed by atoms with Crippen LogP contribution in [0.25, 0.3) is 0 Å². The Labute approximate surface area is 446 Å². The number of amides is 4. The summed E-state index contributed by atoms with van der Waals surface area (Å²) in [7, 11) is 0. The zero-order valence-electron chi connectivity index (χ0n) is 46.5. The fourth-order valence-electron chi connectivity index (χ4n) is 13.4. The highest BCUT2D eigenvalue weighted by Gasteiger charge is 2.59. The second-order valence-corrected chi connectivity index (χ2v) is 24.2. The van der Waals surface area contributed by atoms with Gasteiger partial charge in [0, 0.05) is 43.8 Å². The first-order valence-electron chi connectivity index (χ1n) is 28.3. The van der Waals surface area contributed by atoms with E-state index in [0.717, 1.165) is 48.3 Å². The average Bonchev–Trinajstić information content (AvgIpc) is 3.72. The predicted octanol–water partition coefficient (Wildman–Crippen LogP) is 12.0. The van der Waals surface area contributed by atoms with Crippen LogP contribution in [0.2, 0.25) is 0 Å². The van der Waals surface area contributed by atoms with Gasteiger partial charge >= 0.3 is 6.16 Å². The van der Waals surface area contributed by atoms with Gasteiger partial charge in [-0.25, -0.2) is 4.79 Å². The Morgan fingerprint density at radius 1 is 0.747 bits per heavy atom. The molecule has 0 aliphatic heterocycles. The molecule has 0 spiro atoms. The summed E-state index contributed by atoms with van der Waals surface area (Å²) >= 11 is 0. The minimum Gasteiger partial charge on any atom is -0.429 e. The number of hydrogen-bond donors (Lipinski definition) is 4. The number of nitrogens with zero attached hydrogens (tertiary/aromatic N) is 1. The first-order chi connectivity index (χ1) is 35.6. The van der Waals surface area contributed by atoms with Crippen molar-refractivity contribution in [1.82, 2.24) is 16.0 Å². The van der Waals surface area contributed by atoms with Crippen LogP contribution < -0.4 is 26.0 Å². The van der Waals surface area contributed by atoms with Gasteiger partial charge in [-0.2, -0.15) is 0 Å². The summed E-state index contributed by atoms with van der Waals surface area (Å²) in [5, 5.41) is 22.3. The molecule has 4 aliphatic carbocycles. The first kappa shape index (κ1) is 58.9. The van der Waals surface area contributed by atoms with Crippen molar-refractivity contribution in [2.24, 2.45) is 58.2 Å². The number of nitrogens with one attached hydrogen (secondary N) is 4. The Morgan fingerprint density at radius 3 is 2.09 bits per heavy atom. The molecular weight excluding hydrogens is 951 g/mol. The van der Waals surface area contributed by atoms with E-state index >= 15 is 0 Å². The van der Waals surface area contributed by atoms with Gasteiger partial charge in [0.2, 0.25) is 23.6 Å². The number of nitro benzene ring substituents is 1. The van der Waals surface area contributed by atoms with Crippen LogP contribution in [0.15, 0.2) is 60.2 Å². The summed E-state index contributed by atoms with van der Waals surface area (Å²) in [6.07, 6.45) is 17.3. The van der Waals surface area contributed by atoms with Crippen LogP contribution in [0.5, 0.6) is 5.75 Å². The molecule has 75 heavy (non-hydrogen) atoms. The zero-order chi connectivity index (χ0) is 54.5. The Morgan fingerprint density at radius 2 is 1.43 bits per heavy atom. The third-order valence-electron chi connectivity index (χ3n) is 17.4. The van der Waals surface area contributed by atoms with Crippen LogP contribution in [0.3, 0.4) is 0 Å². The van der Waals surface area contributed by atoms with E-state index in [1.54, 1.807) is 29.8 Å². The molecule has 4 amide bonds. The number of fused-ring (bicyclic) bond motifs is 5. The maximum Gasteiger partial charge on any atom is 0.514 e. The van der Waals surface area contributed by atoms with E-state index in [4.69, 9.17) is 14.2 Å². The quantitative estimate of drug-likeness (QED) is 0.0175. The SMILES string of the molecule is CC(C)CCC[C@@H](C)[C@H]1CC[C@H]2[C@@H]3CC=C4C[C@@H](OCCCNC(=O)CCC(=O)N[C@@H](CC(C)C)C(=O)N[C@@H](CC(C)C)C(=O)Nc5ccc(COC(=O)Oc6ccc([N+](=O)[O-])cc6)cc5)CC[C@]4(C)[C@H]3CC[C@]12C. The van der Waals surface area contributed by atoms with E-state index in [1.165, 1.54) is 82.1 Å². The highest BCUT2D eigenvalue weighted by molar-refractivity contribution is 5.98. The molecule has 3 saturated carbocycles.